The topological polar surface area (TPSA) is 116 Å². The summed E-state index contributed by atoms with van der Waals surface area (Å²) in [6.07, 6.45) is 0. The van der Waals surface area contributed by atoms with Crippen LogP contribution in [0.4, 0.5) is 5.69 Å². The Morgan fingerprint density at radius 2 is 1.93 bits per heavy atom. The van der Waals surface area contributed by atoms with Crippen LogP contribution in [-0.4, -0.2) is 44.4 Å². The van der Waals surface area contributed by atoms with E-state index in [9.17, 15) is 18.5 Å². The third-order valence-electron chi connectivity index (χ3n) is 4.92. The van der Waals surface area contributed by atoms with Crippen molar-refractivity contribution in [2.75, 3.05) is 26.7 Å². The second-order valence-electron chi connectivity index (χ2n) is 6.43. The molecule has 0 radical (unpaired) electrons. The van der Waals surface area contributed by atoms with E-state index >= 15 is 0 Å². The van der Waals surface area contributed by atoms with Gasteiger partial charge in [0.05, 0.1) is 18.1 Å². The molecular weight excluding hydrogens is 370 g/mol. The van der Waals surface area contributed by atoms with Crippen molar-refractivity contribution >= 4 is 15.7 Å². The zero-order valence-electron chi connectivity index (χ0n) is 14.8. The lowest BCUT2D eigenvalue weighted by Crippen LogP contribution is -2.30. The molecule has 9 heteroatoms. The lowest BCUT2D eigenvalue weighted by Gasteiger charge is -2.17. The average Bonchev–Trinajstić information content (AvgIpc) is 3.13. The molecule has 2 N–H and O–H groups in total. The Morgan fingerprint density at radius 3 is 2.52 bits per heavy atom. The zero-order valence-corrected chi connectivity index (χ0v) is 15.6. The van der Waals surface area contributed by atoms with E-state index in [0.717, 1.165) is 11.6 Å². The Balaban J connectivity index is 1.98. The lowest BCUT2D eigenvalue weighted by atomic mass is 9.89. The molecule has 27 heavy (non-hydrogen) atoms. The average molecular weight is 391 g/mol. The van der Waals surface area contributed by atoms with E-state index in [1.165, 1.54) is 23.5 Å². The van der Waals surface area contributed by atoms with Crippen LogP contribution in [0.5, 0.6) is 5.75 Å². The molecule has 8 nitrogen and oxygen atoms in total. The molecule has 2 atom stereocenters. The van der Waals surface area contributed by atoms with Gasteiger partial charge < -0.3 is 10.5 Å². The van der Waals surface area contributed by atoms with Gasteiger partial charge in [-0.2, -0.15) is 4.31 Å². The number of benzene rings is 2. The minimum Gasteiger partial charge on any atom is -0.497 e. The maximum atomic E-state index is 13.1. The maximum absolute atomic E-state index is 13.1. The largest absolute Gasteiger partial charge is 0.497 e. The fourth-order valence-corrected chi connectivity index (χ4v) is 5.13. The van der Waals surface area contributed by atoms with Gasteiger partial charge in [-0.25, -0.2) is 8.42 Å². The summed E-state index contributed by atoms with van der Waals surface area (Å²) < 4.78 is 32.5. The Kier molecular flexibility index (Phi) is 5.45. The SMILES string of the molecule is COc1ccc(S(=O)(=O)N2C[C@@H](CN)[C@H](c3ccccc3)C2)c([N+](=O)[O-])c1. The van der Waals surface area contributed by atoms with Crippen molar-refractivity contribution < 1.29 is 18.1 Å². The van der Waals surface area contributed by atoms with Gasteiger partial charge in [0.15, 0.2) is 4.90 Å². The van der Waals surface area contributed by atoms with E-state index in [1.807, 2.05) is 30.3 Å². The number of hydrogen-bond donors (Lipinski definition) is 1. The van der Waals surface area contributed by atoms with Gasteiger partial charge in [0, 0.05) is 19.0 Å². The first-order valence-electron chi connectivity index (χ1n) is 8.46. The van der Waals surface area contributed by atoms with Crippen LogP contribution < -0.4 is 10.5 Å². The summed E-state index contributed by atoms with van der Waals surface area (Å²) >= 11 is 0. The predicted molar refractivity (Wildman–Crippen MR) is 100 cm³/mol. The minimum absolute atomic E-state index is 0.0525. The van der Waals surface area contributed by atoms with Gasteiger partial charge >= 0.3 is 0 Å². The van der Waals surface area contributed by atoms with Crippen molar-refractivity contribution in [2.24, 2.45) is 11.7 Å². The van der Waals surface area contributed by atoms with E-state index in [2.05, 4.69) is 0 Å². The van der Waals surface area contributed by atoms with Gasteiger partial charge in [0.2, 0.25) is 10.0 Å². The number of nitro benzene ring substituents is 1. The number of nitrogens with two attached hydrogens (primary N) is 1. The molecule has 1 saturated heterocycles. The molecule has 1 aliphatic rings. The van der Waals surface area contributed by atoms with Crippen LogP contribution in [0.25, 0.3) is 0 Å². The smallest absolute Gasteiger partial charge is 0.293 e. The Hall–Kier alpha value is -2.49. The van der Waals surface area contributed by atoms with Crippen LogP contribution in [0.2, 0.25) is 0 Å². The molecule has 0 aromatic heterocycles. The fraction of sp³-hybridized carbons (Fsp3) is 0.333. The molecule has 2 aromatic carbocycles. The summed E-state index contributed by atoms with van der Waals surface area (Å²) in [6, 6.07) is 13.3. The van der Waals surface area contributed by atoms with Crippen molar-refractivity contribution in [3.63, 3.8) is 0 Å². The highest BCUT2D eigenvalue weighted by Gasteiger charge is 2.41. The molecule has 0 spiro atoms. The normalized spacial score (nSPS) is 20.5. The molecule has 1 aliphatic heterocycles. The molecule has 0 unspecified atom stereocenters. The molecule has 144 valence electrons. The van der Waals surface area contributed by atoms with Gasteiger partial charge in [-0.05, 0) is 30.2 Å². The Morgan fingerprint density at radius 1 is 1.22 bits per heavy atom. The molecule has 0 saturated carbocycles. The van der Waals surface area contributed by atoms with Crippen molar-refractivity contribution in [1.82, 2.24) is 4.31 Å². The molecule has 0 bridgehead atoms. The van der Waals surface area contributed by atoms with Crippen LogP contribution in [0.15, 0.2) is 53.4 Å². The second-order valence-corrected chi connectivity index (χ2v) is 8.33. The van der Waals surface area contributed by atoms with Gasteiger partial charge in [-0.1, -0.05) is 30.3 Å². The highest BCUT2D eigenvalue weighted by Crippen LogP contribution is 2.37. The summed E-state index contributed by atoms with van der Waals surface area (Å²) in [7, 11) is -2.68. The third-order valence-corrected chi connectivity index (χ3v) is 6.80. The van der Waals surface area contributed by atoms with Crippen LogP contribution in [-0.2, 0) is 10.0 Å². The van der Waals surface area contributed by atoms with Gasteiger partial charge in [-0.3, -0.25) is 10.1 Å². The fourth-order valence-electron chi connectivity index (χ4n) is 3.47. The van der Waals surface area contributed by atoms with Gasteiger partial charge in [0.25, 0.3) is 5.69 Å². The van der Waals surface area contributed by atoms with Crippen LogP contribution >= 0.6 is 0 Å². The van der Waals surface area contributed by atoms with Crippen LogP contribution in [0.3, 0.4) is 0 Å². The van der Waals surface area contributed by atoms with E-state index in [0.29, 0.717) is 6.54 Å². The highest BCUT2D eigenvalue weighted by atomic mass is 32.2. The molecule has 0 amide bonds. The second kappa shape index (κ2) is 7.63. The van der Waals surface area contributed by atoms with Crippen molar-refractivity contribution in [3.05, 3.63) is 64.2 Å². The lowest BCUT2D eigenvalue weighted by molar-refractivity contribution is -0.387. The summed E-state index contributed by atoms with van der Waals surface area (Å²) in [5.41, 5.74) is 6.39. The first-order valence-corrected chi connectivity index (χ1v) is 9.90. The standard InChI is InChI=1S/C18H21N3O5S/c1-26-15-7-8-18(17(9-15)21(22)23)27(24,25)20-11-14(10-19)16(12-20)13-5-3-2-4-6-13/h2-9,14,16H,10-12,19H2,1H3/t14-,16+/m1/s1. The van der Waals surface area contributed by atoms with Crippen molar-refractivity contribution in [2.45, 2.75) is 10.8 Å². The predicted octanol–water partition coefficient (Wildman–Crippen LogP) is 1.97. The number of rotatable bonds is 6. The monoisotopic (exact) mass is 391 g/mol. The quantitative estimate of drug-likeness (QED) is 0.594. The zero-order chi connectivity index (χ0) is 19.6. The molecule has 0 aliphatic carbocycles. The minimum atomic E-state index is -4.04. The summed E-state index contributed by atoms with van der Waals surface area (Å²) in [4.78, 5) is 10.4. The van der Waals surface area contributed by atoms with E-state index in [1.54, 1.807) is 0 Å². The number of ether oxygens (including phenoxy) is 1. The molecular formula is C18H21N3O5S. The number of sulfonamides is 1. The summed E-state index contributed by atoms with van der Waals surface area (Å²) in [6.45, 7) is 0.787. The van der Waals surface area contributed by atoms with E-state index in [-0.39, 0.29) is 35.6 Å². The number of nitro groups is 1. The number of nitrogens with zero attached hydrogens (tertiary/aromatic N) is 2. The first kappa shape index (κ1) is 19.3. The molecule has 1 fully saturated rings. The van der Waals surface area contributed by atoms with E-state index in [4.69, 9.17) is 10.5 Å². The molecule has 1 heterocycles. The summed E-state index contributed by atoms with van der Waals surface area (Å²) in [5, 5.41) is 11.4. The van der Waals surface area contributed by atoms with E-state index < -0.39 is 20.6 Å². The number of hydrogen-bond acceptors (Lipinski definition) is 6. The van der Waals surface area contributed by atoms with Crippen molar-refractivity contribution in [1.29, 1.82) is 0 Å². The van der Waals surface area contributed by atoms with Gasteiger partial charge in [-0.15, -0.1) is 0 Å². The Bertz CT molecular complexity index is 933. The Labute approximate surface area is 157 Å². The van der Waals surface area contributed by atoms with Crippen LogP contribution in [0.1, 0.15) is 11.5 Å². The van der Waals surface area contributed by atoms with Crippen LogP contribution in [0, 0.1) is 16.0 Å². The number of methoxy groups -OCH3 is 1. The molecule has 3 rings (SSSR count). The van der Waals surface area contributed by atoms with Crippen molar-refractivity contribution in [3.8, 4) is 5.75 Å². The first-order chi connectivity index (χ1) is 12.9. The maximum Gasteiger partial charge on any atom is 0.293 e. The van der Waals surface area contributed by atoms with Gasteiger partial charge in [0.1, 0.15) is 5.75 Å². The summed E-state index contributed by atoms with van der Waals surface area (Å²) in [5.74, 6) is 0.117. The third kappa shape index (κ3) is 3.66. The highest BCUT2D eigenvalue weighted by molar-refractivity contribution is 7.89. The molecule has 2 aromatic rings.